The van der Waals surface area contributed by atoms with Crippen LogP contribution in [0.15, 0.2) is 18.2 Å². The lowest BCUT2D eigenvalue weighted by Gasteiger charge is -2.10. The van der Waals surface area contributed by atoms with Gasteiger partial charge in [0.1, 0.15) is 11.5 Å². The predicted octanol–water partition coefficient (Wildman–Crippen LogP) is 2.37. The summed E-state index contributed by atoms with van der Waals surface area (Å²) in [5.41, 5.74) is 1.10. The van der Waals surface area contributed by atoms with Gasteiger partial charge in [-0.2, -0.15) is 0 Å². The largest absolute Gasteiger partial charge is 0.497 e. The van der Waals surface area contributed by atoms with E-state index in [0.717, 1.165) is 0 Å². The normalized spacial score (nSPS) is 10.5. The van der Waals surface area contributed by atoms with Crippen LogP contribution in [0.25, 0.3) is 10.9 Å². The summed E-state index contributed by atoms with van der Waals surface area (Å²) >= 11 is 0. The van der Waals surface area contributed by atoms with Gasteiger partial charge >= 0.3 is 5.97 Å². The van der Waals surface area contributed by atoms with Gasteiger partial charge in [-0.05, 0) is 32.0 Å². The highest BCUT2D eigenvalue weighted by Gasteiger charge is 2.25. The van der Waals surface area contributed by atoms with E-state index in [0.29, 0.717) is 22.3 Å². The number of amides is 1. The number of hydrogen-bond acceptors (Lipinski definition) is 5. The van der Waals surface area contributed by atoms with E-state index in [4.69, 9.17) is 9.47 Å². The second-order valence-electron chi connectivity index (χ2n) is 5.30. The number of benzene rings is 1. The van der Waals surface area contributed by atoms with Crippen LogP contribution in [0.1, 0.15) is 31.3 Å². The van der Waals surface area contributed by atoms with Crippen LogP contribution in [0.5, 0.6) is 5.75 Å². The number of rotatable bonds is 6. The molecule has 2 aromatic rings. The van der Waals surface area contributed by atoms with Crippen molar-refractivity contribution >= 4 is 34.3 Å². The van der Waals surface area contributed by atoms with Crippen LogP contribution in [0.3, 0.4) is 0 Å². The van der Waals surface area contributed by atoms with Crippen molar-refractivity contribution in [1.29, 1.82) is 0 Å². The van der Waals surface area contributed by atoms with Gasteiger partial charge in [0.05, 0.1) is 31.5 Å². The Morgan fingerprint density at radius 1 is 1.21 bits per heavy atom. The summed E-state index contributed by atoms with van der Waals surface area (Å²) in [4.78, 5) is 35.7. The van der Waals surface area contributed by atoms with Crippen molar-refractivity contribution in [1.82, 2.24) is 4.57 Å². The van der Waals surface area contributed by atoms with Crippen LogP contribution in [-0.2, 0) is 20.9 Å². The maximum absolute atomic E-state index is 12.4. The minimum Gasteiger partial charge on any atom is -0.497 e. The van der Waals surface area contributed by atoms with Gasteiger partial charge in [0.25, 0.3) is 0 Å². The zero-order valence-electron chi connectivity index (χ0n) is 14.1. The molecular formula is C17H20N2O5. The van der Waals surface area contributed by atoms with Crippen molar-refractivity contribution < 1.29 is 23.9 Å². The number of ether oxygens (including phenoxy) is 2. The Balaban J connectivity index is 2.81. The van der Waals surface area contributed by atoms with Crippen molar-refractivity contribution in [2.75, 3.05) is 19.0 Å². The van der Waals surface area contributed by atoms with Gasteiger partial charge in [-0.3, -0.25) is 9.59 Å². The van der Waals surface area contributed by atoms with Gasteiger partial charge in [-0.25, -0.2) is 4.79 Å². The number of carbonyl (C=O) groups is 3. The first-order chi connectivity index (χ1) is 11.4. The fraction of sp³-hybridized carbons (Fsp3) is 0.353. The molecule has 0 aliphatic heterocycles. The fourth-order valence-electron chi connectivity index (χ4n) is 2.56. The van der Waals surface area contributed by atoms with E-state index in [2.05, 4.69) is 5.32 Å². The second kappa shape index (κ2) is 7.16. The Bertz CT molecular complexity index is 807. The summed E-state index contributed by atoms with van der Waals surface area (Å²) in [6.45, 7) is 4.66. The van der Waals surface area contributed by atoms with Crippen molar-refractivity contribution in [2.24, 2.45) is 0 Å². The number of methoxy groups -OCH3 is 1. The van der Waals surface area contributed by atoms with Crippen LogP contribution in [0, 0.1) is 0 Å². The van der Waals surface area contributed by atoms with E-state index >= 15 is 0 Å². The van der Waals surface area contributed by atoms with Gasteiger partial charge in [0.15, 0.2) is 5.69 Å². The molecule has 1 aromatic carbocycles. The summed E-state index contributed by atoms with van der Waals surface area (Å²) in [5.74, 6) is -0.477. The zero-order chi connectivity index (χ0) is 17.9. The number of nitrogens with zero attached hydrogens (tertiary/aromatic N) is 1. The zero-order valence-corrected chi connectivity index (χ0v) is 14.1. The summed E-state index contributed by atoms with van der Waals surface area (Å²) < 4.78 is 11.9. The SMILES string of the molecule is CCOC(=O)c1c(NC(C)=O)c2cc(OC)ccc2n1CC(C)=O. The monoisotopic (exact) mass is 332 g/mol. The summed E-state index contributed by atoms with van der Waals surface area (Å²) in [6.07, 6.45) is 0. The van der Waals surface area contributed by atoms with Crippen molar-refractivity contribution in [2.45, 2.75) is 27.3 Å². The average molecular weight is 332 g/mol. The van der Waals surface area contributed by atoms with E-state index in [1.165, 1.54) is 21.0 Å². The molecule has 1 amide bonds. The maximum Gasteiger partial charge on any atom is 0.357 e. The molecule has 0 saturated carbocycles. The molecular weight excluding hydrogens is 312 g/mol. The maximum atomic E-state index is 12.4. The van der Waals surface area contributed by atoms with Crippen LogP contribution >= 0.6 is 0 Å². The molecule has 0 atom stereocenters. The average Bonchev–Trinajstić information content (AvgIpc) is 2.79. The van der Waals surface area contributed by atoms with Crippen LogP contribution < -0.4 is 10.1 Å². The predicted molar refractivity (Wildman–Crippen MR) is 89.4 cm³/mol. The lowest BCUT2D eigenvalue weighted by atomic mass is 10.2. The number of ketones is 1. The molecule has 1 aromatic heterocycles. The minimum absolute atomic E-state index is 0.00341. The number of Topliss-reactive ketones (excluding diaryl/α,β-unsaturated/α-hetero) is 1. The highest BCUT2D eigenvalue weighted by Crippen LogP contribution is 2.34. The lowest BCUT2D eigenvalue weighted by Crippen LogP contribution is -2.18. The first-order valence-corrected chi connectivity index (χ1v) is 7.53. The molecule has 0 unspecified atom stereocenters. The topological polar surface area (TPSA) is 86.6 Å². The highest BCUT2D eigenvalue weighted by molar-refractivity contribution is 6.11. The van der Waals surface area contributed by atoms with E-state index in [1.807, 2.05) is 0 Å². The Morgan fingerprint density at radius 2 is 1.92 bits per heavy atom. The number of nitrogens with one attached hydrogen (secondary N) is 1. The van der Waals surface area contributed by atoms with Gasteiger partial charge < -0.3 is 19.4 Å². The summed E-state index contributed by atoms with van der Waals surface area (Å²) in [7, 11) is 1.53. The highest BCUT2D eigenvalue weighted by atomic mass is 16.5. The third-order valence-electron chi connectivity index (χ3n) is 3.42. The minimum atomic E-state index is -0.599. The molecule has 0 saturated heterocycles. The molecule has 0 aliphatic rings. The van der Waals surface area contributed by atoms with Gasteiger partial charge in [-0.15, -0.1) is 0 Å². The lowest BCUT2D eigenvalue weighted by molar-refractivity contribution is -0.117. The first kappa shape index (κ1) is 17.5. The summed E-state index contributed by atoms with van der Waals surface area (Å²) in [6, 6.07) is 5.18. The van der Waals surface area contributed by atoms with Crippen LogP contribution in [-0.4, -0.2) is 35.9 Å². The van der Waals surface area contributed by atoms with Crippen LogP contribution in [0.4, 0.5) is 5.69 Å². The Morgan fingerprint density at radius 3 is 2.46 bits per heavy atom. The number of fused-ring (bicyclic) bond motifs is 1. The molecule has 0 spiro atoms. The molecule has 128 valence electrons. The molecule has 1 heterocycles. The fourth-order valence-corrected chi connectivity index (χ4v) is 2.56. The van der Waals surface area contributed by atoms with Crippen LogP contribution in [0.2, 0.25) is 0 Å². The molecule has 7 heteroatoms. The standard InChI is InChI=1S/C17H20N2O5/c1-5-24-17(22)16-15(18-11(3)21)13-8-12(23-4)6-7-14(13)19(16)9-10(2)20/h6-8H,5,9H2,1-4H3,(H,18,21). The molecule has 2 rings (SSSR count). The third-order valence-corrected chi connectivity index (χ3v) is 3.42. The van der Waals surface area contributed by atoms with Crippen molar-refractivity contribution in [3.8, 4) is 5.75 Å². The third kappa shape index (κ3) is 3.40. The Labute approximate surface area is 139 Å². The summed E-state index contributed by atoms with van der Waals surface area (Å²) in [5, 5.41) is 3.28. The Kier molecular flexibility index (Phi) is 5.23. The van der Waals surface area contributed by atoms with E-state index in [1.54, 1.807) is 29.7 Å². The first-order valence-electron chi connectivity index (χ1n) is 7.53. The van der Waals surface area contributed by atoms with Crippen molar-refractivity contribution in [3.05, 3.63) is 23.9 Å². The van der Waals surface area contributed by atoms with Gasteiger partial charge in [0, 0.05) is 12.3 Å². The number of esters is 1. The molecule has 0 bridgehead atoms. The van der Waals surface area contributed by atoms with E-state index in [9.17, 15) is 14.4 Å². The number of hydrogen-bond donors (Lipinski definition) is 1. The molecule has 1 N–H and O–H groups in total. The number of anilines is 1. The number of carbonyl (C=O) groups excluding carboxylic acids is 3. The van der Waals surface area contributed by atoms with Gasteiger partial charge in [-0.1, -0.05) is 0 Å². The molecule has 24 heavy (non-hydrogen) atoms. The second-order valence-corrected chi connectivity index (χ2v) is 5.30. The van der Waals surface area contributed by atoms with E-state index < -0.39 is 5.97 Å². The molecule has 0 fully saturated rings. The smallest absolute Gasteiger partial charge is 0.357 e. The van der Waals surface area contributed by atoms with Gasteiger partial charge in [0.2, 0.25) is 5.91 Å². The van der Waals surface area contributed by atoms with E-state index in [-0.39, 0.29) is 30.5 Å². The quantitative estimate of drug-likeness (QED) is 0.821. The molecule has 7 nitrogen and oxygen atoms in total. The van der Waals surface area contributed by atoms with Crippen molar-refractivity contribution in [3.63, 3.8) is 0 Å². The molecule has 0 radical (unpaired) electrons. The number of aromatic nitrogens is 1. The Hall–Kier alpha value is -2.83. The molecule has 0 aliphatic carbocycles.